The zero-order valence-electron chi connectivity index (χ0n) is 15.6. The van der Waals surface area contributed by atoms with Gasteiger partial charge in [0, 0.05) is 21.1 Å². The molecule has 0 unspecified atom stereocenters. The van der Waals surface area contributed by atoms with Gasteiger partial charge in [-0.1, -0.05) is 78.6 Å². The summed E-state index contributed by atoms with van der Waals surface area (Å²) in [4.78, 5) is 0. The predicted octanol–water partition coefficient (Wildman–Crippen LogP) is 7.00. The van der Waals surface area contributed by atoms with E-state index in [0.717, 1.165) is 39.1 Å². The minimum Gasteiger partial charge on any atom is -0.312 e. The zero-order valence-corrected chi connectivity index (χ0v) is 18.8. The smallest absolute Gasteiger partial charge is 0.312 e. The molecule has 3 nitrogen and oxygen atoms in total. The average Bonchev–Trinajstić information content (AvgIpc) is 2.53. The molecule has 0 spiro atoms. The number of rotatable bonds is 18. The van der Waals surface area contributed by atoms with Gasteiger partial charge in [-0.2, -0.15) is 0 Å². The Morgan fingerprint density at radius 1 is 0.478 bits per heavy atom. The van der Waals surface area contributed by atoms with Crippen molar-refractivity contribution in [3.8, 4) is 0 Å². The van der Waals surface area contributed by atoms with Gasteiger partial charge in [-0.25, -0.2) is 0 Å². The van der Waals surface area contributed by atoms with Crippen LogP contribution in [-0.2, 0) is 34.6 Å². The van der Waals surface area contributed by atoms with E-state index in [-0.39, 0.29) is 21.1 Å². The molecule has 0 atom stereocenters. The van der Waals surface area contributed by atoms with E-state index in [1.54, 1.807) is 0 Å². The van der Waals surface area contributed by atoms with Crippen LogP contribution in [-0.4, -0.2) is 19.8 Å². The topological polar surface area (TPSA) is 27.7 Å². The number of unbranched alkanes of at least 4 members (excludes halogenated alkanes) is 9. The SMILES string of the molecule is CCCCCCOP(OCCCCCC)OCCCCCC.[Pt]. The Labute approximate surface area is 160 Å². The van der Waals surface area contributed by atoms with Gasteiger partial charge >= 0.3 is 8.60 Å². The van der Waals surface area contributed by atoms with Crippen LogP contribution in [0.25, 0.3) is 0 Å². The maximum atomic E-state index is 5.82. The third kappa shape index (κ3) is 21.0. The normalized spacial score (nSPS) is 11.0. The molecule has 0 rings (SSSR count). The molecule has 5 heteroatoms. The molecule has 0 aliphatic carbocycles. The molecule has 0 aliphatic heterocycles. The summed E-state index contributed by atoms with van der Waals surface area (Å²) < 4.78 is 17.5. The minimum absolute atomic E-state index is 0. The summed E-state index contributed by atoms with van der Waals surface area (Å²) in [6.07, 6.45) is 14.7. The van der Waals surface area contributed by atoms with E-state index in [4.69, 9.17) is 13.6 Å². The van der Waals surface area contributed by atoms with Crippen LogP contribution in [0.3, 0.4) is 0 Å². The molecule has 0 aromatic heterocycles. The molecule has 0 radical (unpaired) electrons. The van der Waals surface area contributed by atoms with E-state index >= 15 is 0 Å². The van der Waals surface area contributed by atoms with Gasteiger partial charge in [-0.3, -0.25) is 0 Å². The van der Waals surface area contributed by atoms with Gasteiger partial charge < -0.3 is 13.6 Å². The molecule has 0 aromatic rings. The van der Waals surface area contributed by atoms with Gasteiger partial charge in [-0.05, 0) is 19.3 Å². The monoisotopic (exact) mass is 529 g/mol. The maximum Gasteiger partial charge on any atom is 0.332 e. The van der Waals surface area contributed by atoms with Crippen molar-refractivity contribution in [3.63, 3.8) is 0 Å². The van der Waals surface area contributed by atoms with E-state index in [1.807, 2.05) is 0 Å². The predicted molar refractivity (Wildman–Crippen MR) is 97.2 cm³/mol. The van der Waals surface area contributed by atoms with Gasteiger partial charge in [0.15, 0.2) is 0 Å². The second kappa shape index (κ2) is 23.0. The minimum atomic E-state index is -1.12. The van der Waals surface area contributed by atoms with Crippen LogP contribution in [0.4, 0.5) is 0 Å². The van der Waals surface area contributed by atoms with Crippen molar-refractivity contribution in [3.05, 3.63) is 0 Å². The van der Waals surface area contributed by atoms with Crippen molar-refractivity contribution in [1.82, 2.24) is 0 Å². The first-order valence-electron chi connectivity index (χ1n) is 9.54. The van der Waals surface area contributed by atoms with Gasteiger partial charge in [0.1, 0.15) is 0 Å². The van der Waals surface area contributed by atoms with E-state index in [2.05, 4.69) is 20.8 Å². The Balaban J connectivity index is 0. The van der Waals surface area contributed by atoms with Gasteiger partial charge in [0.05, 0.1) is 19.8 Å². The van der Waals surface area contributed by atoms with Crippen molar-refractivity contribution in [2.75, 3.05) is 19.8 Å². The van der Waals surface area contributed by atoms with Crippen LogP contribution in [0, 0.1) is 0 Å². The maximum absolute atomic E-state index is 5.82. The number of hydrogen-bond acceptors (Lipinski definition) is 3. The first kappa shape index (κ1) is 26.2. The summed E-state index contributed by atoms with van der Waals surface area (Å²) in [6, 6.07) is 0. The van der Waals surface area contributed by atoms with Crippen molar-refractivity contribution in [1.29, 1.82) is 0 Å². The van der Waals surface area contributed by atoms with Gasteiger partial charge in [0.2, 0.25) is 0 Å². The van der Waals surface area contributed by atoms with E-state index < -0.39 is 8.60 Å². The summed E-state index contributed by atoms with van der Waals surface area (Å²) in [5.74, 6) is 0. The molecular weight excluding hydrogens is 490 g/mol. The quantitative estimate of drug-likeness (QED) is 0.141. The van der Waals surface area contributed by atoms with Gasteiger partial charge in [0.25, 0.3) is 0 Å². The van der Waals surface area contributed by atoms with Crippen molar-refractivity contribution < 1.29 is 34.6 Å². The summed E-state index contributed by atoms with van der Waals surface area (Å²) in [5.41, 5.74) is 0. The van der Waals surface area contributed by atoms with Crippen molar-refractivity contribution in [2.24, 2.45) is 0 Å². The fourth-order valence-corrected chi connectivity index (χ4v) is 3.17. The molecule has 0 saturated heterocycles. The van der Waals surface area contributed by atoms with E-state index in [1.165, 1.54) is 57.8 Å². The molecule has 0 N–H and O–H groups in total. The largest absolute Gasteiger partial charge is 0.332 e. The van der Waals surface area contributed by atoms with E-state index in [9.17, 15) is 0 Å². The van der Waals surface area contributed by atoms with Crippen LogP contribution in [0.1, 0.15) is 97.8 Å². The standard InChI is InChI=1S/C18H39O3P.Pt/c1-4-7-10-13-16-19-22(20-17-14-11-8-5-2)21-18-15-12-9-6-3;/h4-18H2,1-3H3;. The Morgan fingerprint density at radius 2 is 0.783 bits per heavy atom. The van der Waals surface area contributed by atoms with Crippen molar-refractivity contribution in [2.45, 2.75) is 97.8 Å². The molecule has 0 heterocycles. The molecule has 0 fully saturated rings. The molecular formula is C18H39O3PPt. The van der Waals surface area contributed by atoms with E-state index in [0.29, 0.717) is 0 Å². The first-order valence-corrected chi connectivity index (χ1v) is 10.6. The molecule has 0 bridgehead atoms. The fourth-order valence-electron chi connectivity index (χ4n) is 2.12. The zero-order chi connectivity index (χ0) is 16.3. The Hall–Kier alpha value is 0.998. The Kier molecular flexibility index (Phi) is 26.2. The second-order valence-corrected chi connectivity index (χ2v) is 7.13. The number of hydrogen-bond donors (Lipinski definition) is 0. The molecule has 0 saturated carbocycles. The molecule has 144 valence electrons. The molecule has 0 aromatic carbocycles. The summed E-state index contributed by atoms with van der Waals surface area (Å²) in [7, 11) is -1.12. The fraction of sp³-hybridized carbons (Fsp3) is 1.00. The third-order valence-electron chi connectivity index (χ3n) is 3.58. The van der Waals surface area contributed by atoms with Crippen LogP contribution >= 0.6 is 8.60 Å². The van der Waals surface area contributed by atoms with Crippen LogP contribution in [0.15, 0.2) is 0 Å². The molecule has 23 heavy (non-hydrogen) atoms. The first-order chi connectivity index (χ1) is 10.8. The molecule has 0 amide bonds. The van der Waals surface area contributed by atoms with Crippen LogP contribution < -0.4 is 0 Å². The molecule has 0 aliphatic rings. The summed E-state index contributed by atoms with van der Waals surface area (Å²) in [5, 5.41) is 0. The average molecular weight is 530 g/mol. The Bertz CT molecular complexity index is 175. The summed E-state index contributed by atoms with van der Waals surface area (Å²) >= 11 is 0. The Morgan fingerprint density at radius 3 is 1.04 bits per heavy atom. The second-order valence-electron chi connectivity index (χ2n) is 5.91. The van der Waals surface area contributed by atoms with Crippen molar-refractivity contribution >= 4 is 8.60 Å². The summed E-state index contributed by atoms with van der Waals surface area (Å²) in [6.45, 7) is 9.01. The van der Waals surface area contributed by atoms with Crippen LogP contribution in [0.2, 0.25) is 0 Å². The van der Waals surface area contributed by atoms with Gasteiger partial charge in [-0.15, -0.1) is 0 Å². The van der Waals surface area contributed by atoms with Crippen LogP contribution in [0.5, 0.6) is 0 Å². The third-order valence-corrected chi connectivity index (χ3v) is 4.76.